The summed E-state index contributed by atoms with van der Waals surface area (Å²) < 4.78 is 0. The number of rotatable bonds is 8. The molecular weight excluding hydrogens is 481 g/mol. The molecule has 0 radical (unpaired) electrons. The van der Waals surface area contributed by atoms with Crippen LogP contribution in [-0.2, 0) is 0 Å². The summed E-state index contributed by atoms with van der Waals surface area (Å²) in [5, 5.41) is 7.92. The summed E-state index contributed by atoms with van der Waals surface area (Å²) >= 11 is 0. The first-order valence-electron chi connectivity index (χ1n) is 9.13. The van der Waals surface area contributed by atoms with Crippen molar-refractivity contribution in [3.05, 3.63) is 91.0 Å². The highest BCUT2D eigenvalue weighted by atomic mass is 79.9. The van der Waals surface area contributed by atoms with Crippen molar-refractivity contribution < 1.29 is 0 Å². The highest BCUT2D eigenvalue weighted by molar-refractivity contribution is 8.93. The van der Waals surface area contributed by atoms with Gasteiger partial charge in [0.2, 0.25) is 0 Å². The largest absolute Gasteiger partial charge is 0.317 e. The molecule has 0 heterocycles. The number of nitrogens with one attached hydrogen (secondary N) is 1. The van der Waals surface area contributed by atoms with Gasteiger partial charge in [-0.1, -0.05) is 61.5 Å². The Morgan fingerprint density at radius 2 is 1.00 bits per heavy atom. The van der Waals surface area contributed by atoms with E-state index in [-0.39, 0.29) is 34.0 Å². The minimum atomic E-state index is -1.63. The number of hydrogen-bond donors (Lipinski definition) is 1. The van der Waals surface area contributed by atoms with Gasteiger partial charge in [-0.2, -0.15) is 0 Å². The van der Waals surface area contributed by atoms with Crippen LogP contribution in [0.3, 0.4) is 0 Å². The fourth-order valence-electron chi connectivity index (χ4n) is 3.50. The van der Waals surface area contributed by atoms with Crippen molar-refractivity contribution >= 4 is 57.1 Å². The van der Waals surface area contributed by atoms with Gasteiger partial charge in [-0.05, 0) is 55.9 Å². The average molecular weight is 510 g/mol. The normalized spacial score (nSPS) is 10.6. The molecule has 0 saturated heterocycles. The molecular formula is C23H29Br2NP+. The molecule has 0 aliphatic rings. The molecule has 1 nitrogen and oxygen atoms in total. The van der Waals surface area contributed by atoms with Gasteiger partial charge >= 0.3 is 0 Å². The molecule has 0 amide bonds. The summed E-state index contributed by atoms with van der Waals surface area (Å²) in [6.45, 7) is 4.28. The zero-order valence-electron chi connectivity index (χ0n) is 15.8. The highest BCUT2D eigenvalue weighted by Gasteiger charge is 2.44. The third-order valence-electron chi connectivity index (χ3n) is 4.69. The molecule has 0 bridgehead atoms. The van der Waals surface area contributed by atoms with Crippen LogP contribution < -0.4 is 21.2 Å². The third kappa shape index (κ3) is 5.74. The maximum Gasteiger partial charge on any atom is 0.112 e. The van der Waals surface area contributed by atoms with E-state index in [1.807, 2.05) is 0 Å². The van der Waals surface area contributed by atoms with E-state index in [0.29, 0.717) is 0 Å². The molecule has 3 aromatic carbocycles. The van der Waals surface area contributed by atoms with Crippen LogP contribution in [0.15, 0.2) is 91.0 Å². The fourth-order valence-corrected chi connectivity index (χ4v) is 7.84. The van der Waals surface area contributed by atoms with Gasteiger partial charge in [0.1, 0.15) is 23.2 Å². The summed E-state index contributed by atoms with van der Waals surface area (Å²) in [6.07, 6.45) is 2.37. The maximum atomic E-state index is 3.49. The Morgan fingerprint density at radius 3 is 1.33 bits per heavy atom. The smallest absolute Gasteiger partial charge is 0.112 e. The molecule has 27 heavy (non-hydrogen) atoms. The van der Waals surface area contributed by atoms with Crippen molar-refractivity contribution in [2.45, 2.75) is 13.3 Å². The van der Waals surface area contributed by atoms with Crippen molar-refractivity contribution in [2.75, 3.05) is 19.3 Å². The standard InChI is InChI=1S/C23H27NP.2BrH/c1-2-24-19-12-20-25(21-13-6-3-7-14-21,22-15-8-4-9-16-22)23-17-10-5-11-18-23;;/h3-11,13-18,24H,2,12,19-20H2,1H3;2*1H/q+1;;. The molecule has 3 aromatic rings. The number of benzene rings is 3. The molecule has 1 N–H and O–H groups in total. The average Bonchev–Trinajstić information content (AvgIpc) is 2.70. The molecule has 0 aromatic heterocycles. The maximum absolute atomic E-state index is 3.49. The number of hydrogen-bond acceptors (Lipinski definition) is 1. The van der Waals surface area contributed by atoms with E-state index in [9.17, 15) is 0 Å². The quantitative estimate of drug-likeness (QED) is 0.327. The second-order valence-electron chi connectivity index (χ2n) is 6.25. The van der Waals surface area contributed by atoms with Crippen LogP contribution in [0.2, 0.25) is 0 Å². The van der Waals surface area contributed by atoms with E-state index >= 15 is 0 Å². The van der Waals surface area contributed by atoms with Crippen LogP contribution in [-0.4, -0.2) is 19.3 Å². The van der Waals surface area contributed by atoms with Gasteiger partial charge < -0.3 is 5.32 Å². The van der Waals surface area contributed by atoms with Gasteiger partial charge in [-0.3, -0.25) is 0 Å². The summed E-state index contributed by atoms with van der Waals surface area (Å²) in [5.41, 5.74) is 0. The first-order chi connectivity index (χ1) is 12.4. The van der Waals surface area contributed by atoms with Crippen LogP contribution in [0, 0.1) is 0 Å². The van der Waals surface area contributed by atoms with Crippen molar-refractivity contribution in [1.82, 2.24) is 5.32 Å². The first-order valence-corrected chi connectivity index (χ1v) is 11.1. The Labute approximate surface area is 185 Å². The Bertz CT molecular complexity index is 654. The van der Waals surface area contributed by atoms with E-state index in [0.717, 1.165) is 13.1 Å². The van der Waals surface area contributed by atoms with E-state index in [1.165, 1.54) is 28.5 Å². The third-order valence-corrected chi connectivity index (χ3v) is 9.21. The van der Waals surface area contributed by atoms with Crippen LogP contribution in [0.25, 0.3) is 0 Å². The zero-order valence-corrected chi connectivity index (χ0v) is 20.1. The SMILES string of the molecule is Br.Br.CCNCCC[P+](c1ccccc1)(c1ccccc1)c1ccccc1. The summed E-state index contributed by atoms with van der Waals surface area (Å²) in [5.74, 6) is 0. The highest BCUT2D eigenvalue weighted by Crippen LogP contribution is 2.55. The second-order valence-corrected chi connectivity index (χ2v) is 9.86. The lowest BCUT2D eigenvalue weighted by molar-refractivity contribution is 0.706. The van der Waals surface area contributed by atoms with Gasteiger partial charge in [-0.25, -0.2) is 0 Å². The van der Waals surface area contributed by atoms with Crippen LogP contribution in [0.1, 0.15) is 13.3 Å². The van der Waals surface area contributed by atoms with E-state index in [1.54, 1.807) is 0 Å². The summed E-state index contributed by atoms with van der Waals surface area (Å²) in [6, 6.07) is 33.4. The predicted octanol–water partition coefficient (Wildman–Crippen LogP) is 5.14. The molecule has 144 valence electrons. The monoisotopic (exact) mass is 508 g/mol. The van der Waals surface area contributed by atoms with Crippen molar-refractivity contribution in [3.8, 4) is 0 Å². The van der Waals surface area contributed by atoms with Gasteiger partial charge in [0, 0.05) is 0 Å². The zero-order chi connectivity index (χ0) is 17.4. The Morgan fingerprint density at radius 1 is 0.630 bits per heavy atom. The van der Waals surface area contributed by atoms with Crippen LogP contribution in [0.4, 0.5) is 0 Å². The molecule has 0 atom stereocenters. The first kappa shape index (κ1) is 24.0. The van der Waals surface area contributed by atoms with Gasteiger partial charge in [-0.15, -0.1) is 34.0 Å². The van der Waals surface area contributed by atoms with E-state index < -0.39 is 7.26 Å². The minimum Gasteiger partial charge on any atom is -0.317 e. The molecule has 0 unspecified atom stereocenters. The van der Waals surface area contributed by atoms with E-state index in [4.69, 9.17) is 0 Å². The molecule has 0 saturated carbocycles. The van der Waals surface area contributed by atoms with Crippen molar-refractivity contribution in [1.29, 1.82) is 0 Å². The van der Waals surface area contributed by atoms with Crippen LogP contribution in [0.5, 0.6) is 0 Å². The summed E-state index contributed by atoms with van der Waals surface area (Å²) in [4.78, 5) is 0. The topological polar surface area (TPSA) is 12.0 Å². The molecule has 0 aliphatic heterocycles. The lowest BCUT2D eigenvalue weighted by Gasteiger charge is -2.27. The Balaban J connectivity index is 0.00000182. The fraction of sp³-hybridized carbons (Fsp3) is 0.217. The predicted molar refractivity (Wildman–Crippen MR) is 134 cm³/mol. The number of halogens is 2. The molecule has 0 aliphatic carbocycles. The van der Waals surface area contributed by atoms with Gasteiger partial charge in [0.05, 0.1) is 6.16 Å². The van der Waals surface area contributed by atoms with Crippen molar-refractivity contribution in [3.63, 3.8) is 0 Å². The molecule has 0 spiro atoms. The van der Waals surface area contributed by atoms with Gasteiger partial charge in [0.25, 0.3) is 0 Å². The lowest BCUT2D eigenvalue weighted by Crippen LogP contribution is -2.34. The summed E-state index contributed by atoms with van der Waals surface area (Å²) in [7, 11) is -1.63. The molecule has 3 rings (SSSR count). The van der Waals surface area contributed by atoms with Crippen LogP contribution >= 0.6 is 41.2 Å². The molecule has 0 fully saturated rings. The Kier molecular flexibility index (Phi) is 11.1. The Hall–Kier alpha value is -0.990. The lowest BCUT2D eigenvalue weighted by atomic mass is 10.3. The minimum absolute atomic E-state index is 0. The second kappa shape index (κ2) is 12.5. The molecule has 4 heteroatoms. The van der Waals surface area contributed by atoms with Crippen molar-refractivity contribution in [2.24, 2.45) is 0 Å². The van der Waals surface area contributed by atoms with Gasteiger partial charge in [0.15, 0.2) is 0 Å². The van der Waals surface area contributed by atoms with E-state index in [2.05, 4.69) is 103 Å².